The summed E-state index contributed by atoms with van der Waals surface area (Å²) in [6, 6.07) is 31.8. The van der Waals surface area contributed by atoms with Crippen LogP contribution in [0.2, 0.25) is 0 Å². The SMILES string of the molecule is C#Cc1cc(-c2cccc(C(C)N)n2)cc2c1cnn2-c1cccc(C)n1.CCc1cc(-c2cccc(C(C)N)n2)cc2c1cnn2-c1cccc(C)n1. The number of aromatic nitrogens is 8. The van der Waals surface area contributed by atoms with Crippen LogP contribution in [0.3, 0.4) is 0 Å². The molecule has 8 rings (SSSR count). The molecule has 6 aromatic heterocycles. The van der Waals surface area contributed by atoms with Crippen LogP contribution in [-0.2, 0) is 6.42 Å². The minimum atomic E-state index is -0.136. The first kappa shape index (κ1) is 35.8. The third kappa shape index (κ3) is 7.23. The summed E-state index contributed by atoms with van der Waals surface area (Å²) in [5.41, 5.74) is 23.3. The van der Waals surface area contributed by atoms with E-state index in [1.165, 1.54) is 5.56 Å². The van der Waals surface area contributed by atoms with Gasteiger partial charge in [0.15, 0.2) is 11.6 Å². The zero-order chi connectivity index (χ0) is 37.9. The Morgan fingerprint density at radius 1 is 0.630 bits per heavy atom. The number of rotatable bonds is 7. The van der Waals surface area contributed by atoms with Crippen LogP contribution >= 0.6 is 0 Å². The molecule has 0 fully saturated rings. The number of aryl methyl sites for hydroxylation is 3. The monoisotopic (exact) mass is 710 g/mol. The quantitative estimate of drug-likeness (QED) is 0.158. The van der Waals surface area contributed by atoms with Crippen molar-refractivity contribution in [1.29, 1.82) is 0 Å². The number of hydrogen-bond acceptors (Lipinski definition) is 8. The smallest absolute Gasteiger partial charge is 0.154 e. The molecule has 0 amide bonds. The van der Waals surface area contributed by atoms with E-state index in [1.54, 1.807) is 6.20 Å². The van der Waals surface area contributed by atoms with E-state index in [0.717, 1.165) is 90.7 Å². The van der Waals surface area contributed by atoms with Crippen LogP contribution in [0.1, 0.15) is 66.8 Å². The molecule has 2 atom stereocenters. The highest BCUT2D eigenvalue weighted by Gasteiger charge is 2.15. The van der Waals surface area contributed by atoms with Gasteiger partial charge in [-0.05, 0) is 112 Å². The lowest BCUT2D eigenvalue weighted by molar-refractivity contribution is 0.782. The molecule has 0 aliphatic heterocycles. The standard InChI is InChI=1S/C22H23N5.C22H19N5/c2*1-4-16-11-17(20-9-6-8-19(26-20)15(3)23)12-21-18(16)13-24-27(21)22-10-5-7-14(2)25-22/h5-13,15H,4,23H2,1-3H3;1,5-13,15H,23H2,2-3H3. The van der Waals surface area contributed by atoms with Crippen molar-refractivity contribution < 1.29 is 0 Å². The number of fused-ring (bicyclic) bond motifs is 2. The van der Waals surface area contributed by atoms with Gasteiger partial charge in [0.2, 0.25) is 0 Å². The maximum Gasteiger partial charge on any atom is 0.154 e. The molecule has 0 bridgehead atoms. The Balaban J connectivity index is 0.000000167. The van der Waals surface area contributed by atoms with Crippen molar-refractivity contribution in [2.75, 3.05) is 0 Å². The number of pyridine rings is 4. The molecule has 4 N–H and O–H groups in total. The number of benzene rings is 2. The molecular formula is C44H42N10. The summed E-state index contributed by atoms with van der Waals surface area (Å²) >= 11 is 0. The molecule has 10 nitrogen and oxygen atoms in total. The van der Waals surface area contributed by atoms with Gasteiger partial charge in [0, 0.05) is 50.9 Å². The Labute approximate surface area is 315 Å². The fraction of sp³-hybridized carbons (Fsp3) is 0.182. The molecule has 0 aliphatic rings. The van der Waals surface area contributed by atoms with Crippen molar-refractivity contribution in [3.8, 4) is 46.5 Å². The minimum absolute atomic E-state index is 0.0960. The van der Waals surface area contributed by atoms with E-state index in [4.69, 9.17) is 22.9 Å². The van der Waals surface area contributed by atoms with Gasteiger partial charge in [0.1, 0.15) is 0 Å². The van der Waals surface area contributed by atoms with Crippen LogP contribution in [0.5, 0.6) is 0 Å². The summed E-state index contributed by atoms with van der Waals surface area (Å²) in [5.74, 6) is 4.34. The van der Waals surface area contributed by atoms with E-state index in [0.29, 0.717) is 0 Å². The van der Waals surface area contributed by atoms with Crippen LogP contribution in [0.15, 0.2) is 109 Å². The average Bonchev–Trinajstić information content (AvgIpc) is 3.82. The summed E-state index contributed by atoms with van der Waals surface area (Å²) in [5, 5.41) is 11.2. The first-order valence-corrected chi connectivity index (χ1v) is 18.0. The van der Waals surface area contributed by atoms with Gasteiger partial charge in [-0.2, -0.15) is 10.2 Å². The highest BCUT2D eigenvalue weighted by molar-refractivity contribution is 5.91. The molecule has 2 unspecified atom stereocenters. The molecule has 0 radical (unpaired) electrons. The summed E-state index contributed by atoms with van der Waals surface area (Å²) in [7, 11) is 0. The molecule has 10 heteroatoms. The zero-order valence-corrected chi connectivity index (χ0v) is 31.1. The van der Waals surface area contributed by atoms with Crippen LogP contribution in [-0.4, -0.2) is 39.5 Å². The zero-order valence-electron chi connectivity index (χ0n) is 31.1. The molecule has 0 saturated carbocycles. The van der Waals surface area contributed by atoms with Gasteiger partial charge in [-0.3, -0.25) is 9.97 Å². The third-order valence-electron chi connectivity index (χ3n) is 9.25. The van der Waals surface area contributed by atoms with Gasteiger partial charge in [-0.1, -0.05) is 37.1 Å². The van der Waals surface area contributed by atoms with Crippen LogP contribution in [0.25, 0.3) is 56.0 Å². The van der Waals surface area contributed by atoms with Crippen molar-refractivity contribution >= 4 is 21.8 Å². The summed E-state index contributed by atoms with van der Waals surface area (Å²) in [4.78, 5) is 18.6. The summed E-state index contributed by atoms with van der Waals surface area (Å²) < 4.78 is 3.71. The van der Waals surface area contributed by atoms with Gasteiger partial charge in [-0.15, -0.1) is 6.42 Å². The fourth-order valence-corrected chi connectivity index (χ4v) is 6.42. The van der Waals surface area contributed by atoms with E-state index in [1.807, 2.05) is 128 Å². The molecule has 8 aromatic rings. The maximum absolute atomic E-state index is 6.02. The van der Waals surface area contributed by atoms with Crippen molar-refractivity contribution in [1.82, 2.24) is 39.5 Å². The third-order valence-corrected chi connectivity index (χ3v) is 9.25. The minimum Gasteiger partial charge on any atom is -0.323 e. The predicted octanol–water partition coefficient (Wildman–Crippen LogP) is 8.16. The molecule has 2 aromatic carbocycles. The van der Waals surface area contributed by atoms with Gasteiger partial charge in [0.05, 0.1) is 46.2 Å². The van der Waals surface area contributed by atoms with Crippen LogP contribution < -0.4 is 11.5 Å². The van der Waals surface area contributed by atoms with Gasteiger partial charge in [-0.25, -0.2) is 19.3 Å². The van der Waals surface area contributed by atoms with Crippen LogP contribution in [0, 0.1) is 26.2 Å². The number of nitrogens with two attached hydrogens (primary N) is 2. The second kappa shape index (κ2) is 15.2. The Kier molecular flexibility index (Phi) is 10.1. The number of hydrogen-bond donors (Lipinski definition) is 2. The van der Waals surface area contributed by atoms with E-state index < -0.39 is 0 Å². The Hall–Kier alpha value is -6.54. The van der Waals surface area contributed by atoms with E-state index >= 15 is 0 Å². The van der Waals surface area contributed by atoms with Crippen LogP contribution in [0.4, 0.5) is 0 Å². The van der Waals surface area contributed by atoms with E-state index in [-0.39, 0.29) is 12.1 Å². The molecule has 6 heterocycles. The Morgan fingerprint density at radius 2 is 1.11 bits per heavy atom. The van der Waals surface area contributed by atoms with Crippen molar-refractivity contribution in [2.24, 2.45) is 11.5 Å². The average molecular weight is 711 g/mol. The maximum atomic E-state index is 6.02. The van der Waals surface area contributed by atoms with Gasteiger partial charge < -0.3 is 11.5 Å². The molecular weight excluding hydrogens is 669 g/mol. The molecule has 0 spiro atoms. The summed E-state index contributed by atoms with van der Waals surface area (Å²) in [6.07, 6.45) is 10.4. The van der Waals surface area contributed by atoms with Gasteiger partial charge >= 0.3 is 0 Å². The first-order valence-electron chi connectivity index (χ1n) is 18.0. The lowest BCUT2D eigenvalue weighted by Crippen LogP contribution is -2.07. The van der Waals surface area contributed by atoms with E-state index in [9.17, 15) is 0 Å². The largest absolute Gasteiger partial charge is 0.323 e. The number of terminal acetylenes is 1. The highest BCUT2D eigenvalue weighted by Crippen LogP contribution is 2.30. The number of nitrogens with zero attached hydrogens (tertiary/aromatic N) is 8. The predicted molar refractivity (Wildman–Crippen MR) is 216 cm³/mol. The molecule has 268 valence electrons. The lowest BCUT2D eigenvalue weighted by Gasteiger charge is -2.10. The fourth-order valence-electron chi connectivity index (χ4n) is 6.42. The van der Waals surface area contributed by atoms with Crippen molar-refractivity contribution in [3.05, 3.63) is 143 Å². The van der Waals surface area contributed by atoms with E-state index in [2.05, 4.69) is 50.1 Å². The van der Waals surface area contributed by atoms with Crippen molar-refractivity contribution in [3.63, 3.8) is 0 Å². The second-order valence-electron chi connectivity index (χ2n) is 13.4. The molecule has 54 heavy (non-hydrogen) atoms. The summed E-state index contributed by atoms with van der Waals surface area (Å²) in [6.45, 7) is 9.97. The lowest BCUT2D eigenvalue weighted by atomic mass is 10.0. The van der Waals surface area contributed by atoms with Gasteiger partial charge in [0.25, 0.3) is 0 Å². The molecule has 0 saturated heterocycles. The topological polar surface area (TPSA) is 139 Å². The highest BCUT2D eigenvalue weighted by atomic mass is 15.3. The molecule has 0 aliphatic carbocycles. The first-order chi connectivity index (χ1) is 26.1. The normalized spacial score (nSPS) is 12.3. The second-order valence-corrected chi connectivity index (χ2v) is 13.4. The Morgan fingerprint density at radius 3 is 1.59 bits per heavy atom. The Bertz CT molecular complexity index is 2660. The van der Waals surface area contributed by atoms with Crippen molar-refractivity contribution in [2.45, 2.75) is 53.1 Å².